The fourth-order valence-corrected chi connectivity index (χ4v) is 1.79. The van der Waals surface area contributed by atoms with E-state index in [1.54, 1.807) is 25.1 Å². The molecule has 0 fully saturated rings. The third-order valence-electron chi connectivity index (χ3n) is 2.45. The molecule has 0 aliphatic rings. The van der Waals surface area contributed by atoms with E-state index in [2.05, 4.69) is 20.9 Å². The molecule has 0 aliphatic carbocycles. The highest BCUT2D eigenvalue weighted by Gasteiger charge is 2.07. The Bertz CT molecular complexity index is 575. The van der Waals surface area contributed by atoms with Gasteiger partial charge in [-0.15, -0.1) is 0 Å². The minimum Gasteiger partial charge on any atom is -0.436 e. The number of hydrogen-bond donors (Lipinski definition) is 1. The van der Waals surface area contributed by atoms with E-state index in [9.17, 15) is 4.39 Å². The highest BCUT2D eigenvalue weighted by atomic mass is 79.9. The van der Waals surface area contributed by atoms with Gasteiger partial charge in [0.15, 0.2) is 11.6 Å². The van der Waals surface area contributed by atoms with Crippen LogP contribution in [0, 0.1) is 12.7 Å². The molecule has 1 aromatic heterocycles. The molecule has 0 amide bonds. The normalized spacial score (nSPS) is 10.4. The van der Waals surface area contributed by atoms with E-state index in [4.69, 9.17) is 9.84 Å². The zero-order valence-corrected chi connectivity index (χ0v) is 11.2. The van der Waals surface area contributed by atoms with Crippen molar-refractivity contribution in [2.45, 2.75) is 13.5 Å². The second kappa shape index (κ2) is 5.46. The molecular weight excluding hydrogens is 301 g/mol. The molecule has 1 heterocycles. The van der Waals surface area contributed by atoms with E-state index < -0.39 is 5.82 Å². The molecule has 2 aromatic rings. The number of benzene rings is 1. The first-order valence-electron chi connectivity index (χ1n) is 5.30. The Morgan fingerprint density at radius 3 is 2.72 bits per heavy atom. The lowest BCUT2D eigenvalue weighted by Gasteiger charge is -2.08. The van der Waals surface area contributed by atoms with Gasteiger partial charge in [-0.2, -0.15) is 0 Å². The van der Waals surface area contributed by atoms with E-state index in [1.807, 2.05) is 0 Å². The Kier molecular flexibility index (Phi) is 3.93. The van der Waals surface area contributed by atoms with E-state index in [-0.39, 0.29) is 12.4 Å². The third-order valence-corrected chi connectivity index (χ3v) is 2.94. The van der Waals surface area contributed by atoms with Crippen molar-refractivity contribution in [1.29, 1.82) is 0 Å². The van der Waals surface area contributed by atoms with E-state index in [1.165, 1.54) is 12.1 Å². The summed E-state index contributed by atoms with van der Waals surface area (Å²) in [5.41, 5.74) is 1.38. The number of aromatic nitrogens is 1. The molecule has 0 aliphatic heterocycles. The number of pyridine rings is 1. The predicted molar refractivity (Wildman–Crippen MR) is 69.1 cm³/mol. The maximum absolute atomic E-state index is 13.6. The van der Waals surface area contributed by atoms with Gasteiger partial charge >= 0.3 is 0 Å². The van der Waals surface area contributed by atoms with Crippen molar-refractivity contribution >= 4 is 15.9 Å². The van der Waals surface area contributed by atoms with Crippen molar-refractivity contribution in [3.05, 3.63) is 51.9 Å². The minimum absolute atomic E-state index is 0.0776. The molecule has 3 nitrogen and oxygen atoms in total. The lowest BCUT2D eigenvalue weighted by atomic mass is 10.2. The van der Waals surface area contributed by atoms with Gasteiger partial charge < -0.3 is 9.84 Å². The Morgan fingerprint density at radius 2 is 2.11 bits per heavy atom. The molecule has 2 rings (SSSR count). The molecule has 1 N–H and O–H groups in total. The number of nitrogens with zero attached hydrogens (tertiary/aromatic N) is 1. The number of aliphatic hydroxyl groups excluding tert-OH is 1. The number of halogens is 2. The predicted octanol–water partition coefficient (Wildman–Crippen LogP) is 3.58. The van der Waals surface area contributed by atoms with Gasteiger partial charge in [-0.05, 0) is 36.8 Å². The van der Waals surface area contributed by atoms with E-state index in [0.29, 0.717) is 16.0 Å². The fourth-order valence-electron chi connectivity index (χ4n) is 1.46. The smallest absolute Gasteiger partial charge is 0.219 e. The molecule has 0 unspecified atom stereocenters. The van der Waals surface area contributed by atoms with Crippen LogP contribution in [0.15, 0.2) is 34.8 Å². The Labute approximate surface area is 112 Å². The van der Waals surface area contributed by atoms with Gasteiger partial charge in [-0.1, -0.05) is 15.9 Å². The molecule has 0 spiro atoms. The second-order valence-corrected chi connectivity index (χ2v) is 4.64. The van der Waals surface area contributed by atoms with Crippen LogP contribution in [-0.2, 0) is 6.61 Å². The van der Waals surface area contributed by atoms with Gasteiger partial charge in [0.05, 0.1) is 6.61 Å². The van der Waals surface area contributed by atoms with Crippen LogP contribution >= 0.6 is 15.9 Å². The Balaban J connectivity index is 2.26. The van der Waals surface area contributed by atoms with Crippen LogP contribution in [0.2, 0.25) is 0 Å². The van der Waals surface area contributed by atoms with Crippen LogP contribution in [0.5, 0.6) is 11.6 Å². The summed E-state index contributed by atoms with van der Waals surface area (Å²) in [7, 11) is 0. The maximum atomic E-state index is 13.6. The number of aryl methyl sites for hydroxylation is 1. The Hall–Kier alpha value is -1.46. The van der Waals surface area contributed by atoms with Crippen LogP contribution in [-0.4, -0.2) is 10.1 Å². The zero-order valence-electron chi connectivity index (χ0n) is 9.65. The second-order valence-electron chi connectivity index (χ2n) is 3.73. The summed E-state index contributed by atoms with van der Waals surface area (Å²) < 4.78 is 19.6. The largest absolute Gasteiger partial charge is 0.436 e. The summed E-state index contributed by atoms with van der Waals surface area (Å²) >= 11 is 3.17. The average Bonchev–Trinajstić information content (AvgIpc) is 2.33. The first kappa shape index (κ1) is 13.0. The van der Waals surface area contributed by atoms with Crippen molar-refractivity contribution in [3.8, 4) is 11.6 Å². The molecule has 1 aromatic carbocycles. The molecule has 0 saturated heterocycles. The highest BCUT2D eigenvalue weighted by molar-refractivity contribution is 9.10. The number of rotatable bonds is 3. The number of aliphatic hydroxyl groups is 1. The summed E-state index contributed by atoms with van der Waals surface area (Å²) in [5, 5.41) is 9.03. The fraction of sp³-hybridized carbons (Fsp3) is 0.154. The van der Waals surface area contributed by atoms with Crippen molar-refractivity contribution < 1.29 is 14.2 Å². The monoisotopic (exact) mass is 311 g/mol. The van der Waals surface area contributed by atoms with Gasteiger partial charge in [-0.3, -0.25) is 0 Å². The number of ether oxygens (including phenoxy) is 1. The number of hydrogen-bond acceptors (Lipinski definition) is 3. The molecule has 18 heavy (non-hydrogen) atoms. The van der Waals surface area contributed by atoms with Crippen molar-refractivity contribution in [2.75, 3.05) is 0 Å². The van der Waals surface area contributed by atoms with Gasteiger partial charge in [0.2, 0.25) is 5.88 Å². The maximum Gasteiger partial charge on any atom is 0.219 e. The highest BCUT2D eigenvalue weighted by Crippen LogP contribution is 2.26. The zero-order chi connectivity index (χ0) is 13.1. The molecule has 94 valence electrons. The van der Waals surface area contributed by atoms with E-state index in [0.717, 1.165) is 5.56 Å². The molecule has 0 saturated carbocycles. The summed E-state index contributed by atoms with van der Waals surface area (Å²) in [6.45, 7) is 1.68. The molecule has 0 bridgehead atoms. The molecule has 0 radical (unpaired) electrons. The van der Waals surface area contributed by atoms with Crippen molar-refractivity contribution in [3.63, 3.8) is 0 Å². The minimum atomic E-state index is -0.463. The average molecular weight is 312 g/mol. The SMILES string of the molecule is Cc1nc(Oc2ccc(Br)cc2F)ccc1CO. The Morgan fingerprint density at radius 1 is 1.33 bits per heavy atom. The van der Waals surface area contributed by atoms with Crippen LogP contribution < -0.4 is 4.74 Å². The molecular formula is C13H11BrFNO2. The van der Waals surface area contributed by atoms with Crippen LogP contribution in [0.4, 0.5) is 4.39 Å². The summed E-state index contributed by atoms with van der Waals surface area (Å²) in [6, 6.07) is 7.84. The summed E-state index contributed by atoms with van der Waals surface area (Å²) in [6.07, 6.45) is 0. The summed E-state index contributed by atoms with van der Waals surface area (Å²) in [5.74, 6) is -0.0529. The topological polar surface area (TPSA) is 42.4 Å². The van der Waals surface area contributed by atoms with Gasteiger partial charge in [-0.25, -0.2) is 9.37 Å². The lowest BCUT2D eigenvalue weighted by molar-refractivity contribution is 0.280. The third kappa shape index (κ3) is 2.86. The summed E-state index contributed by atoms with van der Waals surface area (Å²) in [4.78, 5) is 4.14. The van der Waals surface area contributed by atoms with Crippen molar-refractivity contribution in [2.24, 2.45) is 0 Å². The van der Waals surface area contributed by atoms with Crippen LogP contribution in [0.3, 0.4) is 0 Å². The lowest BCUT2D eigenvalue weighted by Crippen LogP contribution is -1.96. The first-order valence-corrected chi connectivity index (χ1v) is 6.09. The van der Waals surface area contributed by atoms with Crippen LogP contribution in [0.25, 0.3) is 0 Å². The van der Waals surface area contributed by atoms with Gasteiger partial charge in [0.25, 0.3) is 0 Å². The van der Waals surface area contributed by atoms with Crippen LogP contribution in [0.1, 0.15) is 11.3 Å². The standard InChI is InChI=1S/C13H11BrFNO2/c1-8-9(7-17)2-5-13(16-8)18-12-4-3-10(14)6-11(12)15/h2-6,17H,7H2,1H3. The quantitative estimate of drug-likeness (QED) is 0.942. The molecule has 5 heteroatoms. The molecule has 0 atom stereocenters. The first-order chi connectivity index (χ1) is 8.60. The van der Waals surface area contributed by atoms with Gasteiger partial charge in [0, 0.05) is 16.2 Å². The van der Waals surface area contributed by atoms with E-state index >= 15 is 0 Å². The van der Waals surface area contributed by atoms with Crippen molar-refractivity contribution in [1.82, 2.24) is 4.98 Å². The van der Waals surface area contributed by atoms with Gasteiger partial charge in [0.1, 0.15) is 0 Å².